The molecule has 4 heterocycles. The standard InChI is InChI=1S/C35H42N8O6S/c1-23(2)5-12-30-31(34(46)36-13-14-42-15-17-49-18-16-42)38-35(50-30)39-33(45)29-20-26(22-41(29)4)37-32(44)28-19-25(21-40(28)3)7-6-24-8-10-27(11-9-24)43(47)48/h6-11,19-23H,5,12-18H2,1-4H3,(H,36,46)(H,37,44)(H,38,39,45). The smallest absolute Gasteiger partial charge is 0.274 e. The minimum Gasteiger partial charge on any atom is -0.379 e. The lowest BCUT2D eigenvalue weighted by Crippen LogP contribution is -2.41. The van der Waals surface area contributed by atoms with Crippen LogP contribution in [0.5, 0.6) is 0 Å². The number of carbonyl (C=O) groups is 3. The maximum atomic E-state index is 13.4. The molecule has 0 aliphatic carbocycles. The van der Waals surface area contributed by atoms with Crippen molar-refractivity contribution in [1.82, 2.24) is 24.3 Å². The van der Waals surface area contributed by atoms with E-state index in [1.165, 1.54) is 23.5 Å². The van der Waals surface area contributed by atoms with Gasteiger partial charge in [0, 0.05) is 69.7 Å². The topological polar surface area (TPSA) is 166 Å². The molecule has 5 rings (SSSR count). The number of amides is 3. The lowest BCUT2D eigenvalue weighted by atomic mass is 10.1. The lowest BCUT2D eigenvalue weighted by molar-refractivity contribution is -0.384. The summed E-state index contributed by atoms with van der Waals surface area (Å²) in [5.74, 6) is -0.610. The van der Waals surface area contributed by atoms with Gasteiger partial charge < -0.3 is 24.5 Å². The van der Waals surface area contributed by atoms with Gasteiger partial charge in [-0.1, -0.05) is 26.0 Å². The molecule has 15 heteroatoms. The first-order chi connectivity index (χ1) is 24.0. The molecule has 1 aliphatic rings. The van der Waals surface area contributed by atoms with E-state index in [0.29, 0.717) is 60.0 Å². The fraction of sp³-hybridized carbons (Fsp3) is 0.371. The largest absolute Gasteiger partial charge is 0.379 e. The van der Waals surface area contributed by atoms with E-state index in [-0.39, 0.29) is 17.5 Å². The van der Waals surface area contributed by atoms with Crippen molar-refractivity contribution in [3.8, 4) is 0 Å². The third kappa shape index (κ3) is 9.52. The van der Waals surface area contributed by atoms with Crippen LogP contribution in [0.2, 0.25) is 0 Å². The number of nitrogens with zero attached hydrogens (tertiary/aromatic N) is 5. The number of rotatable bonds is 14. The van der Waals surface area contributed by atoms with Crippen LogP contribution in [0.15, 0.2) is 48.8 Å². The molecule has 1 fully saturated rings. The van der Waals surface area contributed by atoms with Crippen molar-refractivity contribution in [1.29, 1.82) is 0 Å². The molecule has 4 aromatic rings. The molecule has 264 valence electrons. The molecule has 0 atom stereocenters. The van der Waals surface area contributed by atoms with Crippen molar-refractivity contribution in [3.05, 3.63) is 92.0 Å². The molecule has 3 amide bonds. The number of aryl methyl sites for hydroxylation is 3. The second kappa shape index (κ2) is 16.5. The van der Waals surface area contributed by atoms with Gasteiger partial charge in [0.2, 0.25) is 0 Å². The van der Waals surface area contributed by atoms with E-state index in [9.17, 15) is 24.5 Å². The minimum absolute atomic E-state index is 0.0150. The summed E-state index contributed by atoms with van der Waals surface area (Å²) in [5.41, 5.74) is 3.03. The Balaban J connectivity index is 1.21. The normalized spacial score (nSPS) is 13.5. The molecule has 0 bridgehead atoms. The summed E-state index contributed by atoms with van der Waals surface area (Å²) < 4.78 is 8.70. The summed E-state index contributed by atoms with van der Waals surface area (Å²) in [6.07, 6.45) is 8.61. The van der Waals surface area contributed by atoms with Gasteiger partial charge in [0.1, 0.15) is 17.1 Å². The molecule has 3 aromatic heterocycles. The van der Waals surface area contributed by atoms with Gasteiger partial charge in [-0.3, -0.25) is 34.7 Å². The number of hydrogen-bond donors (Lipinski definition) is 3. The zero-order chi connectivity index (χ0) is 35.8. The monoisotopic (exact) mass is 702 g/mol. The number of aromatic nitrogens is 3. The number of ether oxygens (including phenoxy) is 1. The Kier molecular flexibility index (Phi) is 12.0. The number of non-ortho nitro benzene ring substituents is 1. The van der Waals surface area contributed by atoms with Crippen LogP contribution in [0.1, 0.15) is 67.7 Å². The molecule has 0 spiro atoms. The molecule has 0 saturated carbocycles. The zero-order valence-electron chi connectivity index (χ0n) is 28.6. The van der Waals surface area contributed by atoms with Crippen LogP contribution in [0.25, 0.3) is 12.2 Å². The van der Waals surface area contributed by atoms with Crippen LogP contribution in [-0.4, -0.2) is 81.1 Å². The lowest BCUT2D eigenvalue weighted by Gasteiger charge is -2.26. The Bertz CT molecular complexity index is 1870. The number of thiazole rings is 1. The molecule has 14 nitrogen and oxygen atoms in total. The number of nitrogens with one attached hydrogen (secondary N) is 3. The van der Waals surface area contributed by atoms with Crippen LogP contribution in [0, 0.1) is 16.0 Å². The van der Waals surface area contributed by atoms with E-state index in [0.717, 1.165) is 42.1 Å². The van der Waals surface area contributed by atoms with Gasteiger partial charge in [0.25, 0.3) is 23.4 Å². The molecule has 3 N–H and O–H groups in total. The number of hydrogen-bond acceptors (Lipinski definition) is 9. The van der Waals surface area contributed by atoms with Crippen LogP contribution < -0.4 is 16.0 Å². The molecule has 0 radical (unpaired) electrons. The maximum Gasteiger partial charge on any atom is 0.274 e. The van der Waals surface area contributed by atoms with Crippen LogP contribution in [-0.2, 0) is 25.3 Å². The molecule has 0 unspecified atom stereocenters. The Morgan fingerprint density at radius 2 is 1.62 bits per heavy atom. The fourth-order valence-electron chi connectivity index (χ4n) is 5.43. The quantitative estimate of drug-likeness (QED) is 0.121. The van der Waals surface area contributed by atoms with Gasteiger partial charge >= 0.3 is 0 Å². The van der Waals surface area contributed by atoms with Crippen LogP contribution in [0.3, 0.4) is 0 Å². The van der Waals surface area contributed by atoms with Crippen molar-refractivity contribution in [2.24, 2.45) is 20.0 Å². The average Bonchev–Trinajstić information content (AvgIpc) is 3.79. The first-order valence-corrected chi connectivity index (χ1v) is 17.2. The number of anilines is 2. The van der Waals surface area contributed by atoms with E-state index in [4.69, 9.17) is 4.74 Å². The highest BCUT2D eigenvalue weighted by molar-refractivity contribution is 7.16. The molecule has 1 aromatic carbocycles. The maximum absolute atomic E-state index is 13.4. The van der Waals surface area contributed by atoms with E-state index in [2.05, 4.69) is 39.7 Å². The second-order valence-corrected chi connectivity index (χ2v) is 13.6. The Labute approximate surface area is 294 Å². The minimum atomic E-state index is -0.449. The van der Waals surface area contributed by atoms with Crippen molar-refractivity contribution >= 4 is 57.7 Å². The molecule has 1 saturated heterocycles. The van der Waals surface area contributed by atoms with Crippen molar-refractivity contribution < 1.29 is 24.0 Å². The predicted molar refractivity (Wildman–Crippen MR) is 194 cm³/mol. The van der Waals surface area contributed by atoms with Gasteiger partial charge in [-0.2, -0.15) is 0 Å². The van der Waals surface area contributed by atoms with Gasteiger partial charge in [0.05, 0.1) is 23.8 Å². The number of morpholine rings is 1. The first-order valence-electron chi connectivity index (χ1n) is 16.4. The molecular weight excluding hydrogens is 661 g/mol. The summed E-state index contributed by atoms with van der Waals surface area (Å²) in [6.45, 7) is 8.52. The first kappa shape index (κ1) is 36.2. The van der Waals surface area contributed by atoms with Gasteiger partial charge in [-0.15, -0.1) is 11.3 Å². The second-order valence-electron chi connectivity index (χ2n) is 12.5. The number of nitro groups is 1. The summed E-state index contributed by atoms with van der Waals surface area (Å²) in [6, 6.07) is 9.48. The van der Waals surface area contributed by atoms with Gasteiger partial charge in [-0.05, 0) is 54.2 Å². The predicted octanol–water partition coefficient (Wildman–Crippen LogP) is 5.05. The zero-order valence-corrected chi connectivity index (χ0v) is 29.4. The Morgan fingerprint density at radius 1 is 0.960 bits per heavy atom. The highest BCUT2D eigenvalue weighted by Gasteiger charge is 2.22. The van der Waals surface area contributed by atoms with E-state index in [1.54, 1.807) is 66.0 Å². The van der Waals surface area contributed by atoms with Crippen LogP contribution in [0.4, 0.5) is 16.5 Å². The fourth-order valence-corrected chi connectivity index (χ4v) is 6.40. The van der Waals surface area contributed by atoms with Crippen molar-refractivity contribution in [2.45, 2.75) is 26.7 Å². The summed E-state index contributed by atoms with van der Waals surface area (Å²) in [4.78, 5) is 57.8. The van der Waals surface area contributed by atoms with Crippen molar-refractivity contribution in [3.63, 3.8) is 0 Å². The number of benzene rings is 1. The van der Waals surface area contributed by atoms with E-state index in [1.807, 2.05) is 6.08 Å². The van der Waals surface area contributed by atoms with Crippen molar-refractivity contribution in [2.75, 3.05) is 50.0 Å². The van der Waals surface area contributed by atoms with E-state index >= 15 is 0 Å². The van der Waals surface area contributed by atoms with Gasteiger partial charge in [0.15, 0.2) is 5.13 Å². The molecule has 1 aliphatic heterocycles. The molecular formula is C35H42N8O6S. The van der Waals surface area contributed by atoms with Crippen LogP contribution >= 0.6 is 11.3 Å². The SMILES string of the molecule is CC(C)CCc1sc(NC(=O)c2cc(NC(=O)c3cc(C=Cc4ccc([N+](=O)[O-])cc4)cn3C)cn2C)nc1C(=O)NCCN1CCOCC1. The number of carbonyl (C=O) groups excluding carboxylic acids is 3. The third-order valence-electron chi connectivity index (χ3n) is 8.23. The summed E-state index contributed by atoms with van der Waals surface area (Å²) in [5, 5.41) is 19.9. The highest BCUT2D eigenvalue weighted by atomic mass is 32.1. The Hall–Kier alpha value is -5.12. The summed E-state index contributed by atoms with van der Waals surface area (Å²) in [7, 11) is 3.46. The number of nitro benzene ring substituents is 1. The summed E-state index contributed by atoms with van der Waals surface area (Å²) >= 11 is 1.30. The third-order valence-corrected chi connectivity index (χ3v) is 9.26. The molecule has 50 heavy (non-hydrogen) atoms. The van der Waals surface area contributed by atoms with E-state index < -0.39 is 10.8 Å². The average molecular weight is 703 g/mol. The van der Waals surface area contributed by atoms with Gasteiger partial charge in [-0.25, -0.2) is 4.98 Å². The Morgan fingerprint density at radius 3 is 2.32 bits per heavy atom. The highest BCUT2D eigenvalue weighted by Crippen LogP contribution is 2.27.